The highest BCUT2D eigenvalue weighted by Gasteiger charge is 2.39. The largest absolute Gasteiger partial charge is 0.489 e. The quantitative estimate of drug-likeness (QED) is 0.0305. The number of esters is 6. The molecule has 13 heteroatoms. The van der Waals surface area contributed by atoms with Crippen LogP contribution in [0.1, 0.15) is 109 Å². The highest BCUT2D eigenvalue weighted by molar-refractivity contribution is 5.94. The van der Waals surface area contributed by atoms with E-state index in [0.29, 0.717) is 5.92 Å². The van der Waals surface area contributed by atoms with Crippen LogP contribution in [0.15, 0.2) is 85.0 Å². The van der Waals surface area contributed by atoms with Crippen LogP contribution in [0, 0.1) is 11.3 Å². The second-order valence-corrected chi connectivity index (χ2v) is 16.3. The Bertz CT molecular complexity index is 1970. The lowest BCUT2D eigenvalue weighted by molar-refractivity contribution is -0.161. The predicted molar refractivity (Wildman–Crippen MR) is 238 cm³/mol. The molecule has 63 heavy (non-hydrogen) atoms. The van der Waals surface area contributed by atoms with Gasteiger partial charge in [-0.25, -0.2) is 19.2 Å². The van der Waals surface area contributed by atoms with Crippen LogP contribution in [-0.2, 0) is 58.9 Å². The van der Waals surface area contributed by atoms with Gasteiger partial charge in [0.05, 0.1) is 27.1 Å². The molecule has 1 saturated carbocycles. The zero-order valence-electron chi connectivity index (χ0n) is 37.9. The number of hydrogen-bond acceptors (Lipinski definition) is 13. The Morgan fingerprint density at radius 2 is 1.21 bits per heavy atom. The number of rotatable bonds is 25. The molecule has 1 fully saturated rings. The summed E-state index contributed by atoms with van der Waals surface area (Å²) in [6.45, 7) is 19.6. The topological polar surface area (TPSA) is 167 Å². The van der Waals surface area contributed by atoms with Crippen molar-refractivity contribution >= 4 is 35.8 Å². The Hall–Kier alpha value is -5.98. The number of carbonyl (C=O) groups excluding carboxylic acids is 6. The fraction of sp³-hybridized carbons (Fsp3) is 0.480. The minimum atomic E-state index is -1.67. The van der Waals surface area contributed by atoms with Gasteiger partial charge in [-0.3, -0.25) is 9.59 Å². The van der Waals surface area contributed by atoms with Crippen molar-refractivity contribution in [2.24, 2.45) is 11.3 Å². The van der Waals surface area contributed by atoms with Crippen molar-refractivity contribution in [3.63, 3.8) is 0 Å². The van der Waals surface area contributed by atoms with E-state index < -0.39 is 80.5 Å². The van der Waals surface area contributed by atoms with E-state index in [-0.39, 0.29) is 33.8 Å². The van der Waals surface area contributed by atoms with E-state index in [1.54, 1.807) is 12.1 Å². The number of unbranched alkanes of at least 4 members (excludes halogenated alkanes) is 2. The van der Waals surface area contributed by atoms with Crippen LogP contribution in [0.4, 0.5) is 0 Å². The summed E-state index contributed by atoms with van der Waals surface area (Å²) in [7, 11) is 2.30. The van der Waals surface area contributed by atoms with E-state index >= 15 is 0 Å². The minimum Gasteiger partial charge on any atom is -0.489 e. The number of hydrogen-bond donors (Lipinski definition) is 0. The zero-order chi connectivity index (χ0) is 46.7. The summed E-state index contributed by atoms with van der Waals surface area (Å²) >= 11 is 0. The first kappa shape index (κ1) is 51.4. The highest BCUT2D eigenvalue weighted by atomic mass is 16.6. The van der Waals surface area contributed by atoms with Crippen molar-refractivity contribution in [3.8, 4) is 22.6 Å². The lowest BCUT2D eigenvalue weighted by Gasteiger charge is -2.32. The van der Waals surface area contributed by atoms with E-state index in [4.69, 9.17) is 23.7 Å². The maximum Gasteiger partial charge on any atom is 0.338 e. The normalized spacial score (nSPS) is 14.6. The molecule has 2 aromatic rings. The van der Waals surface area contributed by atoms with E-state index in [0.717, 1.165) is 43.2 Å². The third-order valence-corrected chi connectivity index (χ3v) is 11.0. The molecule has 0 N–H and O–H groups in total. The van der Waals surface area contributed by atoms with Gasteiger partial charge in [-0.15, -0.1) is 0 Å². The molecular formula is C50H64O13. The molecule has 0 aromatic heterocycles. The Morgan fingerprint density at radius 1 is 0.651 bits per heavy atom. The van der Waals surface area contributed by atoms with Crippen molar-refractivity contribution < 1.29 is 61.9 Å². The van der Waals surface area contributed by atoms with Crippen molar-refractivity contribution in [2.75, 3.05) is 40.6 Å². The Kier molecular flexibility index (Phi) is 20.6. The van der Waals surface area contributed by atoms with Crippen molar-refractivity contribution in [3.05, 3.63) is 96.1 Å². The number of methoxy groups -OCH3 is 2. The number of benzene rings is 2. The first-order valence-electron chi connectivity index (χ1n) is 21.4. The average Bonchev–Trinajstić information content (AvgIpc) is 3.28. The first-order valence-corrected chi connectivity index (χ1v) is 21.4. The van der Waals surface area contributed by atoms with Gasteiger partial charge in [0.1, 0.15) is 31.8 Å². The van der Waals surface area contributed by atoms with Gasteiger partial charge in [-0.05, 0) is 92.2 Å². The van der Waals surface area contributed by atoms with Crippen LogP contribution in [-0.4, -0.2) is 76.5 Å². The Balaban J connectivity index is 2.02. The third kappa shape index (κ3) is 16.0. The number of aryl methyl sites for hydroxylation is 1. The maximum atomic E-state index is 13.1. The van der Waals surface area contributed by atoms with Crippen molar-refractivity contribution in [1.82, 2.24) is 0 Å². The highest BCUT2D eigenvalue weighted by Crippen LogP contribution is 2.41. The SMILES string of the molecule is C=C(C)C(=O)OCC(COC(=O)C(=C)CC(=O)OC)(COC(=O)C(=C)CC(=O)OC)COc1ccc(-c2ccc(C3CCC(CCCCC)CC3)cc2CC)cc1OC(=O)C(=C)C. The lowest BCUT2D eigenvalue weighted by Crippen LogP contribution is -2.44. The van der Waals surface area contributed by atoms with Crippen LogP contribution in [0.5, 0.6) is 11.5 Å². The molecule has 0 bridgehead atoms. The molecule has 0 spiro atoms. The molecule has 0 atom stereocenters. The average molecular weight is 873 g/mol. The maximum absolute atomic E-state index is 13.1. The van der Waals surface area contributed by atoms with Crippen LogP contribution in [0.3, 0.4) is 0 Å². The van der Waals surface area contributed by atoms with Crippen LogP contribution < -0.4 is 9.47 Å². The van der Waals surface area contributed by atoms with Crippen LogP contribution >= 0.6 is 0 Å². The molecule has 3 rings (SSSR count). The van der Waals surface area contributed by atoms with E-state index in [1.807, 2.05) is 6.07 Å². The minimum absolute atomic E-state index is 0.0350. The molecule has 0 heterocycles. The molecule has 0 amide bonds. The number of ether oxygens (including phenoxy) is 7. The van der Waals surface area contributed by atoms with Gasteiger partial charge in [-0.2, -0.15) is 0 Å². The number of carbonyl (C=O) groups is 6. The summed E-state index contributed by atoms with van der Waals surface area (Å²) in [5.74, 6) is -3.59. The standard InChI is InChI=1S/C50H64O13/c1-11-13-14-15-36-16-18-38(19-17-36)39-20-22-41(37(12-2)26-39)40-21-23-42(43(27-40)63-47(54)33(5)6)59-28-50(29-60-46(53)32(3)4,30-61-48(55)34(7)24-44(51)57-9)31-62-49(56)35(8)25-45(52)58-10/h20-23,26-27,36,38H,3,5,7-8,11-19,24-25,28-31H2,1-2,4,6,9-10H3. The summed E-state index contributed by atoms with van der Waals surface area (Å²) in [5, 5.41) is 0. The molecule has 0 radical (unpaired) electrons. The van der Waals surface area contributed by atoms with Crippen LogP contribution in [0.25, 0.3) is 11.1 Å². The second kappa shape index (κ2) is 25.2. The Morgan fingerprint density at radius 3 is 1.71 bits per heavy atom. The van der Waals surface area contributed by atoms with Gasteiger partial charge in [0.25, 0.3) is 0 Å². The van der Waals surface area contributed by atoms with E-state index in [1.165, 1.54) is 70.8 Å². The second-order valence-electron chi connectivity index (χ2n) is 16.3. The van der Waals surface area contributed by atoms with Gasteiger partial charge in [0, 0.05) is 22.3 Å². The van der Waals surface area contributed by atoms with Crippen molar-refractivity contribution in [2.45, 2.75) is 104 Å². The molecule has 13 nitrogen and oxygen atoms in total. The molecule has 0 unspecified atom stereocenters. The molecule has 0 saturated heterocycles. The first-order chi connectivity index (χ1) is 30.0. The van der Waals surface area contributed by atoms with Crippen LogP contribution in [0.2, 0.25) is 0 Å². The molecule has 342 valence electrons. The van der Waals surface area contributed by atoms with Gasteiger partial charge >= 0.3 is 35.8 Å². The molecule has 1 aliphatic rings. The third-order valence-electron chi connectivity index (χ3n) is 11.0. The molecular weight excluding hydrogens is 809 g/mol. The summed E-state index contributed by atoms with van der Waals surface area (Å²) in [6, 6.07) is 11.7. The molecule has 1 aliphatic carbocycles. The van der Waals surface area contributed by atoms with Gasteiger partial charge in [0.15, 0.2) is 11.5 Å². The summed E-state index contributed by atoms with van der Waals surface area (Å²) in [6.07, 6.45) is 9.78. The summed E-state index contributed by atoms with van der Waals surface area (Å²) in [4.78, 5) is 75.6. The molecule has 2 aromatic carbocycles. The lowest BCUT2D eigenvalue weighted by atomic mass is 9.76. The van der Waals surface area contributed by atoms with Gasteiger partial charge in [-0.1, -0.05) is 90.1 Å². The summed E-state index contributed by atoms with van der Waals surface area (Å²) in [5.41, 5.74) is 2.19. The van der Waals surface area contributed by atoms with E-state index in [9.17, 15) is 28.8 Å². The monoisotopic (exact) mass is 872 g/mol. The summed E-state index contributed by atoms with van der Waals surface area (Å²) < 4.78 is 38.0. The predicted octanol–water partition coefficient (Wildman–Crippen LogP) is 9.06. The fourth-order valence-corrected chi connectivity index (χ4v) is 7.07. The smallest absolute Gasteiger partial charge is 0.338 e. The van der Waals surface area contributed by atoms with E-state index in [2.05, 4.69) is 67.8 Å². The van der Waals surface area contributed by atoms with Gasteiger partial charge < -0.3 is 33.2 Å². The fourth-order valence-electron chi connectivity index (χ4n) is 7.07. The Labute approximate surface area is 371 Å². The molecule has 0 aliphatic heterocycles. The van der Waals surface area contributed by atoms with Crippen molar-refractivity contribution in [1.29, 1.82) is 0 Å². The zero-order valence-corrected chi connectivity index (χ0v) is 37.9. The van der Waals surface area contributed by atoms with Gasteiger partial charge in [0.2, 0.25) is 0 Å².